The van der Waals surface area contributed by atoms with Gasteiger partial charge in [0.1, 0.15) is 48.0 Å². The van der Waals surface area contributed by atoms with Crippen molar-refractivity contribution < 1.29 is 132 Å². The number of carbonyl (C=O) groups excluding carboxylic acids is 7. The van der Waals surface area contributed by atoms with Crippen molar-refractivity contribution in [1.82, 2.24) is 61.9 Å². The van der Waals surface area contributed by atoms with Crippen LogP contribution in [0.5, 0.6) is 0 Å². The Bertz CT molecular complexity index is 2940. The number of primary amides is 1. The van der Waals surface area contributed by atoms with Crippen LogP contribution in [0, 0.1) is 0 Å². The Morgan fingerprint density at radius 1 is 0.570 bits per heavy atom. The standard InChI is InChI=1S/C57H88N14O27S2/c1-32(74)63-45-39(76)22-56(53(86)87,97-49(45)47(82)41(78)28-72)99-30-43(80)59-3-7-91-11-15-95-17-13-93-9-5-70-26-37(66-68-70)24-61-51(84)34-19-35(21-36(20-34)65-55(58)90)52(85)62-25-38-27-71(69-67-38)6-10-94-14-18-96-16-12-92-8-4-60-44(81)31-100-57(54(88)89)23-40(77)46(64-33(2)75)50(98-57)48(83)42(79)29-73/h19-21,26-27,39-42,45-50,72-73,76-79,82-83H,3-18,22-25,28-31H2,1-2H3,(H,59,80)(H,60,81)(H,61,84)(H,62,85)(H,63,74)(H,64,75)(H,86,87)(H,88,89)(H3,58,65,90)/t39-,40-,41+,42+,45+,46+,47-,48-,49+,50+,56-,57-/m0/s1. The summed E-state index contributed by atoms with van der Waals surface area (Å²) in [6.07, 6.45) is -11.9. The first-order chi connectivity index (χ1) is 47.7. The lowest BCUT2D eigenvalue weighted by atomic mass is 9.90. The quantitative estimate of drug-likeness (QED) is 0.0234. The zero-order chi connectivity index (χ0) is 73.4. The van der Waals surface area contributed by atoms with Gasteiger partial charge in [0.25, 0.3) is 11.8 Å². The summed E-state index contributed by atoms with van der Waals surface area (Å²) in [5.41, 5.74) is 6.23. The number of aliphatic hydroxyl groups excluding tert-OH is 8. The number of aliphatic carboxylic acids is 2. The highest BCUT2D eigenvalue weighted by Crippen LogP contribution is 2.42. The van der Waals surface area contributed by atoms with Crippen molar-refractivity contribution in [3.05, 3.63) is 53.1 Å². The Balaban J connectivity index is 0.891. The van der Waals surface area contributed by atoms with Crippen LogP contribution in [0.2, 0.25) is 0 Å². The number of nitrogens with zero attached hydrogens (tertiary/aromatic N) is 6. The summed E-state index contributed by atoms with van der Waals surface area (Å²) in [7, 11) is 0. The molecule has 1 aromatic carbocycles. The molecule has 0 bridgehead atoms. The van der Waals surface area contributed by atoms with Crippen molar-refractivity contribution in [3.8, 4) is 0 Å². The molecule has 2 aliphatic heterocycles. The van der Waals surface area contributed by atoms with Crippen LogP contribution >= 0.6 is 23.5 Å². The van der Waals surface area contributed by atoms with E-state index in [1.165, 1.54) is 27.6 Å². The number of carboxylic acid groups (broad SMARTS) is 2. The first-order valence-electron chi connectivity index (χ1n) is 31.2. The first kappa shape index (κ1) is 83.3. The summed E-state index contributed by atoms with van der Waals surface area (Å²) in [5.74, 6) is -7.77. The monoisotopic (exact) mass is 1460 g/mol. The molecule has 3 aromatic rings. The number of ether oxygens (including phenoxy) is 8. The molecule has 0 radical (unpaired) electrons. The minimum absolute atomic E-state index is 0.0127. The van der Waals surface area contributed by atoms with Crippen LogP contribution in [0.3, 0.4) is 0 Å². The van der Waals surface area contributed by atoms with Gasteiger partial charge in [0, 0.05) is 56.6 Å². The highest BCUT2D eigenvalue weighted by molar-refractivity contribution is 8.02. The summed E-state index contributed by atoms with van der Waals surface area (Å²) in [6, 6.07) is 0.381. The third-order valence-corrected chi connectivity index (χ3v) is 17.2. The number of nitrogens with two attached hydrogens (primary N) is 1. The first-order valence-corrected chi connectivity index (χ1v) is 33.2. The maximum atomic E-state index is 13.3. The predicted molar refractivity (Wildman–Crippen MR) is 343 cm³/mol. The summed E-state index contributed by atoms with van der Waals surface area (Å²) in [4.78, 5) is 107. The molecule has 2 aromatic heterocycles. The molecule has 2 saturated heterocycles. The number of carboxylic acids is 2. The van der Waals surface area contributed by atoms with Gasteiger partial charge in [-0.05, 0) is 18.2 Å². The molecule has 12 atom stereocenters. The number of anilines is 1. The van der Waals surface area contributed by atoms with E-state index in [-0.39, 0.29) is 122 Å². The predicted octanol–water partition coefficient (Wildman–Crippen LogP) is -7.68. The number of amides is 8. The molecule has 0 unspecified atom stereocenters. The second-order valence-corrected chi connectivity index (χ2v) is 24.8. The number of aliphatic hydroxyl groups is 8. The Morgan fingerprint density at radius 3 is 1.27 bits per heavy atom. The second kappa shape index (κ2) is 42.8. The number of rotatable bonds is 47. The fourth-order valence-electron chi connectivity index (χ4n) is 9.65. The highest BCUT2D eigenvalue weighted by atomic mass is 32.2. The zero-order valence-electron chi connectivity index (χ0n) is 54.6. The minimum atomic E-state index is -2.26. The van der Waals surface area contributed by atoms with Crippen molar-refractivity contribution >= 4 is 82.6 Å². The van der Waals surface area contributed by atoms with E-state index in [2.05, 4.69) is 57.8 Å². The molecular formula is C57H88N14O27S2. The Labute approximate surface area is 579 Å². The number of thioether (sulfide) groups is 2. The van der Waals surface area contributed by atoms with E-state index in [4.69, 9.17) is 43.6 Å². The van der Waals surface area contributed by atoms with Crippen LogP contribution in [0.25, 0.3) is 0 Å². The van der Waals surface area contributed by atoms with Crippen LogP contribution in [-0.4, -0.2) is 322 Å². The van der Waals surface area contributed by atoms with Crippen molar-refractivity contribution in [2.45, 2.75) is 124 Å². The van der Waals surface area contributed by atoms with Crippen LogP contribution < -0.4 is 43.0 Å². The third-order valence-electron chi connectivity index (χ3n) is 14.6. The van der Waals surface area contributed by atoms with E-state index in [1.807, 2.05) is 0 Å². The van der Waals surface area contributed by atoms with Gasteiger partial charge in [-0.25, -0.2) is 23.7 Å². The normalized spacial score (nSPS) is 21.7. The largest absolute Gasteiger partial charge is 0.478 e. The average Bonchev–Trinajstić information content (AvgIpc) is 0.956. The van der Waals surface area contributed by atoms with Gasteiger partial charge >= 0.3 is 18.0 Å². The second-order valence-electron chi connectivity index (χ2n) is 22.3. The molecule has 41 nitrogen and oxygen atoms in total. The van der Waals surface area contributed by atoms with Gasteiger partial charge in [-0.3, -0.25) is 28.8 Å². The molecule has 8 amide bonds. The minimum Gasteiger partial charge on any atom is -0.478 e. The van der Waals surface area contributed by atoms with Crippen molar-refractivity contribution in [1.29, 1.82) is 0 Å². The lowest BCUT2D eigenvalue weighted by Gasteiger charge is -2.46. The molecule has 0 spiro atoms. The molecule has 2 aliphatic rings. The number of urea groups is 1. The fourth-order valence-corrected chi connectivity index (χ4v) is 11.8. The van der Waals surface area contributed by atoms with E-state index < -0.39 is 162 Å². The van der Waals surface area contributed by atoms with Gasteiger partial charge in [0.2, 0.25) is 33.5 Å². The summed E-state index contributed by atoms with van der Waals surface area (Å²) < 4.78 is 47.5. The molecule has 19 N–H and O–H groups in total. The van der Waals surface area contributed by atoms with E-state index in [9.17, 15) is 94.2 Å². The highest BCUT2D eigenvalue weighted by Gasteiger charge is 2.57. The fraction of sp³-hybridized carbons (Fsp3) is 0.667. The van der Waals surface area contributed by atoms with Crippen LogP contribution in [0.4, 0.5) is 10.5 Å². The Morgan fingerprint density at radius 2 is 0.930 bits per heavy atom. The van der Waals surface area contributed by atoms with Gasteiger partial charge in [0.15, 0.2) is 0 Å². The molecule has 43 heteroatoms. The van der Waals surface area contributed by atoms with Crippen molar-refractivity contribution in [2.24, 2.45) is 5.73 Å². The maximum Gasteiger partial charge on any atom is 0.346 e. The maximum absolute atomic E-state index is 13.3. The summed E-state index contributed by atoms with van der Waals surface area (Å²) >= 11 is 1.04. The van der Waals surface area contributed by atoms with Crippen LogP contribution in [0.15, 0.2) is 30.6 Å². The number of hydrogen-bond donors (Lipinski definition) is 18. The van der Waals surface area contributed by atoms with Gasteiger partial charge in [-0.1, -0.05) is 10.4 Å². The van der Waals surface area contributed by atoms with Crippen molar-refractivity contribution in [3.63, 3.8) is 0 Å². The number of hydrogen-bond acceptors (Lipinski definition) is 31. The summed E-state index contributed by atoms with van der Waals surface area (Å²) in [6.45, 7) is 3.26. The van der Waals surface area contributed by atoms with Crippen LogP contribution in [-0.2, 0) is 92.8 Å². The summed E-state index contributed by atoms with van der Waals surface area (Å²) in [5, 5.41) is 135. The van der Waals surface area contributed by atoms with E-state index in [0.29, 0.717) is 48.0 Å². The topological polar surface area (TPSA) is 601 Å². The molecule has 2 fully saturated rings. The smallest absolute Gasteiger partial charge is 0.346 e. The molecule has 4 heterocycles. The lowest BCUT2D eigenvalue weighted by molar-refractivity contribution is -0.205. The van der Waals surface area contributed by atoms with Crippen LogP contribution in [0.1, 0.15) is 58.8 Å². The number of aromatic nitrogens is 6. The zero-order valence-corrected chi connectivity index (χ0v) is 56.3. The van der Waals surface area contributed by atoms with Crippen molar-refractivity contribution in [2.75, 3.05) is 122 Å². The number of nitrogens with one attached hydrogen (secondary N) is 7. The van der Waals surface area contributed by atoms with E-state index >= 15 is 0 Å². The SMILES string of the molecule is CC(=O)N[C@H]1[C@H]([C@@H](O)[C@H](O)CO)O[C@@](SCC(=O)NCCOCCOCCOCCn2cc(CNC(=O)c3cc(NC(N)=O)cc(C(=O)NCc4cn(CCOCCOCCOCCNC(=O)CS[C@]5(C(=O)O)C[C@H](O)[C@@H](NC(C)=O)[C@H]([C@@H](O)[C@H](O)CO)O5)nn4)c3)nn2)(C(=O)O)C[C@@H]1O. The molecule has 5 rings (SSSR count). The van der Waals surface area contributed by atoms with E-state index in [1.54, 1.807) is 12.4 Å². The molecule has 100 heavy (non-hydrogen) atoms. The Hall–Kier alpha value is -7.41. The molecule has 0 aliphatic carbocycles. The third kappa shape index (κ3) is 27.5. The molecule has 0 saturated carbocycles. The van der Waals surface area contributed by atoms with Gasteiger partial charge in [-0.15, -0.1) is 33.7 Å². The van der Waals surface area contributed by atoms with Gasteiger partial charge in [-0.2, -0.15) is 0 Å². The number of benzene rings is 1. The number of carbonyl (C=O) groups is 9. The van der Waals surface area contributed by atoms with E-state index in [0.717, 1.165) is 13.8 Å². The average molecular weight is 1470 g/mol. The Kier molecular flexibility index (Phi) is 35.6. The molecular weight excluding hydrogens is 1380 g/mol. The van der Waals surface area contributed by atoms with Gasteiger partial charge in [0.05, 0.1) is 167 Å². The van der Waals surface area contributed by atoms with Gasteiger partial charge < -0.3 is 132 Å². The lowest BCUT2D eigenvalue weighted by Crippen LogP contribution is -2.66. The molecule has 560 valence electrons.